The van der Waals surface area contributed by atoms with Crippen LogP contribution in [-0.4, -0.2) is 46.8 Å². The molecule has 308 valence electrons. The number of unbranched alkanes of at least 4 members (excludes halogenated alkanes) is 3. The van der Waals surface area contributed by atoms with Crippen molar-refractivity contribution in [1.29, 1.82) is 0 Å². The van der Waals surface area contributed by atoms with Gasteiger partial charge in [-0.25, -0.2) is 0 Å². The highest BCUT2D eigenvalue weighted by molar-refractivity contribution is 5.81. The van der Waals surface area contributed by atoms with Crippen LogP contribution in [-0.2, 0) is 19.1 Å². The molecule has 0 aromatic rings. The first-order chi connectivity index (χ1) is 26.5. The summed E-state index contributed by atoms with van der Waals surface area (Å²) in [5.74, 6) is 1.50. The molecule has 7 nitrogen and oxygen atoms in total. The van der Waals surface area contributed by atoms with Gasteiger partial charge in [-0.3, -0.25) is 14.4 Å². The Morgan fingerprint density at radius 3 is 2.09 bits per heavy atom. The number of allylic oxidation sites excluding steroid dienone is 10. The van der Waals surface area contributed by atoms with Crippen LogP contribution in [0.15, 0.2) is 60.8 Å². The van der Waals surface area contributed by atoms with Crippen LogP contribution >= 0.6 is 0 Å². The molecule has 0 radical (unpaired) electrons. The fourth-order valence-corrected chi connectivity index (χ4v) is 11.4. The molecule has 0 aromatic heterocycles. The topological polar surface area (TPSA) is 113 Å². The van der Waals surface area contributed by atoms with E-state index in [4.69, 9.17) is 9.84 Å². The molecule has 10 atom stereocenters. The molecule has 0 aliphatic heterocycles. The van der Waals surface area contributed by atoms with Crippen molar-refractivity contribution in [2.45, 2.75) is 168 Å². The van der Waals surface area contributed by atoms with Crippen molar-refractivity contribution >= 4 is 17.8 Å². The van der Waals surface area contributed by atoms with E-state index in [2.05, 4.69) is 93.8 Å². The van der Waals surface area contributed by atoms with Crippen LogP contribution in [0, 0.1) is 46.3 Å². The number of esters is 1. The van der Waals surface area contributed by atoms with E-state index in [9.17, 15) is 19.5 Å². The molecule has 4 aliphatic carbocycles. The highest BCUT2D eigenvalue weighted by Gasteiger charge is 2.63. The second-order valence-electron chi connectivity index (χ2n) is 17.8. The first-order valence-corrected chi connectivity index (χ1v) is 22.1. The quantitative estimate of drug-likeness (QED) is 0.0575. The summed E-state index contributed by atoms with van der Waals surface area (Å²) in [7, 11) is 0. The van der Waals surface area contributed by atoms with Crippen LogP contribution in [0.4, 0.5) is 0 Å². The minimum Gasteiger partial charge on any atom is -0.480 e. The Balaban J connectivity index is 1.11. The smallest absolute Gasteiger partial charge is 0.322 e. The standard InChI is InChI=1S/C48H75NO6/c1-5-6-7-8-9-10-11-12-13-14-15-16-17-18-19-20-21-22-23-24-46(54)55-38-31-32-47(3)37(33-38)26-27-39-41-29-28-40(48(41,4)43(50)34-42(39)47)36(2)25-30-44(51)49-35-45(52)53/h6-7,9-10,12-13,15-16,18-19,36-43,50H,5,8,11,14,17,20-35H2,1-4H3,(H,49,51)(H,52,53)/b7-6-,10-9-,13-12-,16-15-,19-18-. The van der Waals surface area contributed by atoms with Gasteiger partial charge in [-0.05, 0) is 155 Å². The van der Waals surface area contributed by atoms with Crippen LogP contribution in [0.25, 0.3) is 0 Å². The molecule has 55 heavy (non-hydrogen) atoms. The van der Waals surface area contributed by atoms with Crippen LogP contribution in [0.1, 0.15) is 156 Å². The van der Waals surface area contributed by atoms with E-state index in [1.54, 1.807) is 0 Å². The van der Waals surface area contributed by atoms with Crippen LogP contribution in [0.2, 0.25) is 0 Å². The third kappa shape index (κ3) is 12.8. The number of amides is 1. The Bertz CT molecular complexity index is 1360. The number of aliphatic carboxylic acids is 1. The maximum Gasteiger partial charge on any atom is 0.322 e. The third-order valence-corrected chi connectivity index (χ3v) is 14.5. The largest absolute Gasteiger partial charge is 0.480 e. The molecule has 7 heteroatoms. The summed E-state index contributed by atoms with van der Waals surface area (Å²) in [4.78, 5) is 35.9. The number of fused-ring (bicyclic) bond motifs is 5. The van der Waals surface area contributed by atoms with Crippen molar-refractivity contribution in [2.24, 2.45) is 46.3 Å². The van der Waals surface area contributed by atoms with Crippen molar-refractivity contribution in [3.8, 4) is 0 Å². The Hall–Kier alpha value is -2.93. The lowest BCUT2D eigenvalue weighted by molar-refractivity contribution is -0.181. The fraction of sp³-hybridized carbons (Fsp3) is 0.729. The first-order valence-electron chi connectivity index (χ1n) is 22.1. The molecular weight excluding hydrogens is 687 g/mol. The Kier molecular flexibility index (Phi) is 18.5. The second kappa shape index (κ2) is 22.7. The number of nitrogens with one attached hydrogen (secondary N) is 1. The number of hydrogen-bond acceptors (Lipinski definition) is 5. The SMILES string of the molecule is CC/C=C\C/C=C\C/C=C\C/C=C\C/C=C\CCCCCC(=O)OC1CCC2(C)C(CCC3C2CC(O)C2(C)C(C(C)CCC(=O)NCC(=O)O)CCC32)C1. The van der Waals surface area contributed by atoms with Gasteiger partial charge in [-0.1, -0.05) is 94.9 Å². The van der Waals surface area contributed by atoms with Gasteiger partial charge in [-0.15, -0.1) is 0 Å². The molecule has 4 rings (SSSR count). The van der Waals surface area contributed by atoms with Gasteiger partial charge in [0.05, 0.1) is 6.10 Å². The normalized spacial score (nSPS) is 32.6. The van der Waals surface area contributed by atoms with Gasteiger partial charge in [0, 0.05) is 12.8 Å². The van der Waals surface area contributed by atoms with E-state index < -0.39 is 5.97 Å². The number of carbonyl (C=O) groups is 3. The molecule has 4 aliphatic rings. The number of carboxylic acids is 1. The number of carboxylic acid groups (broad SMARTS) is 1. The zero-order valence-electron chi connectivity index (χ0n) is 34.8. The lowest BCUT2D eigenvalue weighted by Gasteiger charge is -2.62. The van der Waals surface area contributed by atoms with Crippen molar-refractivity contribution < 1.29 is 29.3 Å². The van der Waals surface area contributed by atoms with Crippen molar-refractivity contribution in [3.63, 3.8) is 0 Å². The van der Waals surface area contributed by atoms with Crippen molar-refractivity contribution in [1.82, 2.24) is 5.32 Å². The maximum absolute atomic E-state index is 12.9. The van der Waals surface area contributed by atoms with Gasteiger partial charge < -0.3 is 20.3 Å². The zero-order chi connectivity index (χ0) is 39.7. The Morgan fingerprint density at radius 1 is 0.782 bits per heavy atom. The van der Waals surface area contributed by atoms with Gasteiger partial charge in [0.15, 0.2) is 0 Å². The minimum atomic E-state index is -1.03. The summed E-state index contributed by atoms with van der Waals surface area (Å²) in [6.07, 6.45) is 41.0. The molecule has 3 N–H and O–H groups in total. The molecule has 0 aromatic carbocycles. The van der Waals surface area contributed by atoms with E-state index in [0.29, 0.717) is 48.9 Å². The summed E-state index contributed by atoms with van der Waals surface area (Å²) < 4.78 is 6.09. The van der Waals surface area contributed by atoms with Gasteiger partial charge in [0.25, 0.3) is 0 Å². The molecule has 0 spiro atoms. The first kappa shape index (κ1) is 44.8. The second-order valence-corrected chi connectivity index (χ2v) is 17.8. The minimum absolute atomic E-state index is 0.0200. The van der Waals surface area contributed by atoms with Gasteiger partial charge in [-0.2, -0.15) is 0 Å². The Labute approximate surface area is 333 Å². The van der Waals surface area contributed by atoms with Gasteiger partial charge in [0.1, 0.15) is 12.6 Å². The molecule has 1 amide bonds. The monoisotopic (exact) mass is 762 g/mol. The summed E-state index contributed by atoms with van der Waals surface area (Å²) in [5.41, 5.74) is 0.0202. The summed E-state index contributed by atoms with van der Waals surface area (Å²) >= 11 is 0. The lowest BCUT2D eigenvalue weighted by atomic mass is 9.43. The van der Waals surface area contributed by atoms with E-state index in [0.717, 1.165) is 96.3 Å². The van der Waals surface area contributed by atoms with Crippen molar-refractivity contribution in [3.05, 3.63) is 60.8 Å². The van der Waals surface area contributed by atoms with Crippen molar-refractivity contribution in [2.75, 3.05) is 6.54 Å². The molecule has 0 heterocycles. The average molecular weight is 762 g/mol. The predicted molar refractivity (Wildman–Crippen MR) is 223 cm³/mol. The summed E-state index contributed by atoms with van der Waals surface area (Å²) in [6.45, 7) is 8.84. The fourth-order valence-electron chi connectivity index (χ4n) is 11.4. The molecule has 0 bridgehead atoms. The third-order valence-electron chi connectivity index (χ3n) is 14.5. The number of aliphatic hydroxyl groups excluding tert-OH is 1. The van der Waals surface area contributed by atoms with E-state index >= 15 is 0 Å². The summed E-state index contributed by atoms with van der Waals surface area (Å²) in [6, 6.07) is 0. The number of ether oxygens (including phenoxy) is 1. The van der Waals surface area contributed by atoms with Crippen LogP contribution < -0.4 is 5.32 Å². The highest BCUT2D eigenvalue weighted by Crippen LogP contribution is 2.68. The number of carbonyl (C=O) groups excluding carboxylic acids is 2. The maximum atomic E-state index is 12.9. The van der Waals surface area contributed by atoms with E-state index in [1.165, 1.54) is 12.8 Å². The number of rotatable bonds is 22. The molecule has 4 saturated carbocycles. The lowest BCUT2D eigenvalue weighted by Crippen LogP contribution is -2.59. The number of aliphatic hydroxyl groups is 1. The average Bonchev–Trinajstić information content (AvgIpc) is 3.53. The van der Waals surface area contributed by atoms with Crippen LogP contribution in [0.3, 0.4) is 0 Å². The van der Waals surface area contributed by atoms with Crippen LogP contribution in [0.5, 0.6) is 0 Å². The molecular formula is C48H75NO6. The number of hydrogen-bond donors (Lipinski definition) is 3. The zero-order valence-corrected chi connectivity index (χ0v) is 34.8. The van der Waals surface area contributed by atoms with E-state index in [1.807, 2.05) is 0 Å². The molecule has 0 saturated heterocycles. The molecule has 4 fully saturated rings. The Morgan fingerprint density at radius 2 is 1.44 bits per heavy atom. The predicted octanol–water partition coefficient (Wildman–Crippen LogP) is 10.8. The van der Waals surface area contributed by atoms with Gasteiger partial charge in [0.2, 0.25) is 5.91 Å². The van der Waals surface area contributed by atoms with Gasteiger partial charge >= 0.3 is 11.9 Å². The summed E-state index contributed by atoms with van der Waals surface area (Å²) in [5, 5.41) is 23.3. The molecule has 10 unspecified atom stereocenters. The van der Waals surface area contributed by atoms with E-state index in [-0.39, 0.29) is 47.4 Å². The highest BCUT2D eigenvalue weighted by atomic mass is 16.5.